The highest BCUT2D eigenvalue weighted by molar-refractivity contribution is 9.10. The van der Waals surface area contributed by atoms with Gasteiger partial charge in [-0.25, -0.2) is 28.5 Å². The summed E-state index contributed by atoms with van der Waals surface area (Å²) in [5.41, 5.74) is 8.46. The van der Waals surface area contributed by atoms with Gasteiger partial charge in [-0.15, -0.1) is 5.10 Å². The van der Waals surface area contributed by atoms with E-state index in [-0.39, 0.29) is 17.1 Å². The summed E-state index contributed by atoms with van der Waals surface area (Å²) < 4.78 is 56.4. The number of rotatable bonds is 4. The fourth-order valence-electron chi connectivity index (χ4n) is 3.72. The lowest BCUT2D eigenvalue weighted by Gasteiger charge is -2.09. The van der Waals surface area contributed by atoms with E-state index >= 15 is 0 Å². The van der Waals surface area contributed by atoms with Gasteiger partial charge in [-0.05, 0) is 28.1 Å². The van der Waals surface area contributed by atoms with Crippen molar-refractivity contribution in [2.24, 2.45) is 0 Å². The van der Waals surface area contributed by atoms with Crippen molar-refractivity contribution >= 4 is 27.3 Å². The number of hydrogen-bond acceptors (Lipinski definition) is 7. The molecule has 4 aromatic heterocycles. The number of aromatic nitrogens is 8. The molecule has 2 N–H and O–H groups in total. The van der Waals surface area contributed by atoms with Crippen molar-refractivity contribution < 1.29 is 17.6 Å². The molecule has 5 rings (SSSR count). The number of benzene rings is 1. The molecule has 178 valence electrons. The summed E-state index contributed by atoms with van der Waals surface area (Å²) in [5, 5.41) is 12.5. The van der Waals surface area contributed by atoms with Gasteiger partial charge >= 0.3 is 6.18 Å². The first-order chi connectivity index (χ1) is 16.7. The van der Waals surface area contributed by atoms with Crippen molar-refractivity contribution in [3.05, 3.63) is 76.7 Å². The number of nitrogens with zero attached hydrogens (tertiary/aromatic N) is 8. The summed E-state index contributed by atoms with van der Waals surface area (Å²) in [6.07, 6.45) is 0.287. The Balaban J connectivity index is 1.64. The summed E-state index contributed by atoms with van der Waals surface area (Å²) in [6, 6.07) is 6.13. The van der Waals surface area contributed by atoms with Crippen LogP contribution in [0, 0.1) is 5.82 Å². The van der Waals surface area contributed by atoms with Crippen LogP contribution in [0.4, 0.5) is 23.4 Å². The Morgan fingerprint density at radius 1 is 1.09 bits per heavy atom. The smallest absolute Gasteiger partial charge is 0.382 e. The van der Waals surface area contributed by atoms with Crippen molar-refractivity contribution in [3.8, 4) is 16.8 Å². The summed E-state index contributed by atoms with van der Waals surface area (Å²) in [6.45, 7) is 1.83. The largest absolute Gasteiger partial charge is 0.451 e. The minimum absolute atomic E-state index is 0.101. The van der Waals surface area contributed by atoms with E-state index in [0.717, 1.165) is 12.4 Å². The van der Waals surface area contributed by atoms with Gasteiger partial charge < -0.3 is 5.73 Å². The van der Waals surface area contributed by atoms with E-state index in [4.69, 9.17) is 5.73 Å². The molecule has 1 aromatic carbocycles. The predicted octanol–water partition coefficient (Wildman–Crippen LogP) is 4.42. The first-order valence-electron chi connectivity index (χ1n) is 10.0. The molecule has 0 amide bonds. The Labute approximate surface area is 202 Å². The lowest BCUT2D eigenvalue weighted by molar-refractivity contribution is -0.144. The van der Waals surface area contributed by atoms with E-state index in [1.54, 1.807) is 24.4 Å². The summed E-state index contributed by atoms with van der Waals surface area (Å²) in [4.78, 5) is 10.9. The highest BCUT2D eigenvalue weighted by atomic mass is 79.9. The Bertz CT molecular complexity index is 1540. The zero-order chi connectivity index (χ0) is 24.9. The molecule has 0 bridgehead atoms. The Kier molecular flexibility index (Phi) is 5.46. The van der Waals surface area contributed by atoms with Crippen LogP contribution in [0.1, 0.15) is 30.1 Å². The van der Waals surface area contributed by atoms with Crippen LogP contribution in [0.5, 0.6) is 0 Å². The molecule has 9 nitrogen and oxygen atoms in total. The van der Waals surface area contributed by atoms with Gasteiger partial charge in [0.2, 0.25) is 5.82 Å². The van der Waals surface area contributed by atoms with E-state index in [1.807, 2.05) is 6.92 Å². The van der Waals surface area contributed by atoms with Gasteiger partial charge in [0.05, 0.1) is 22.1 Å². The summed E-state index contributed by atoms with van der Waals surface area (Å²) in [5.74, 6) is -2.07. The highest BCUT2D eigenvalue weighted by Crippen LogP contribution is 2.42. The number of halogens is 5. The molecule has 0 saturated heterocycles. The van der Waals surface area contributed by atoms with E-state index in [9.17, 15) is 17.6 Å². The zero-order valence-corrected chi connectivity index (χ0v) is 19.3. The van der Waals surface area contributed by atoms with Gasteiger partial charge in [0.15, 0.2) is 5.82 Å². The van der Waals surface area contributed by atoms with Crippen molar-refractivity contribution in [2.75, 3.05) is 5.73 Å². The topological polar surface area (TPSA) is 113 Å². The summed E-state index contributed by atoms with van der Waals surface area (Å²) >= 11 is 3.55. The maximum absolute atomic E-state index is 14.2. The van der Waals surface area contributed by atoms with Crippen LogP contribution in [0.15, 0.2) is 53.7 Å². The molecule has 4 heterocycles. The molecule has 35 heavy (non-hydrogen) atoms. The molecule has 0 aliphatic carbocycles. The van der Waals surface area contributed by atoms with E-state index in [0.29, 0.717) is 26.9 Å². The Morgan fingerprint density at radius 2 is 1.80 bits per heavy atom. The zero-order valence-electron chi connectivity index (χ0n) is 17.7. The van der Waals surface area contributed by atoms with Crippen molar-refractivity contribution in [1.29, 1.82) is 0 Å². The molecule has 0 fully saturated rings. The minimum atomic E-state index is -4.68. The third-order valence-corrected chi connectivity index (χ3v) is 6.19. The van der Waals surface area contributed by atoms with Crippen molar-refractivity contribution in [1.82, 2.24) is 39.6 Å². The number of para-hydroxylation sites is 1. The number of fused-ring (bicyclic) bond motifs is 1. The molecule has 0 radical (unpaired) electrons. The maximum atomic E-state index is 14.2. The molecule has 0 aliphatic heterocycles. The van der Waals surface area contributed by atoms with E-state index in [1.165, 1.54) is 21.6 Å². The van der Waals surface area contributed by atoms with E-state index in [2.05, 4.69) is 46.3 Å². The molecule has 0 spiro atoms. The molecule has 5 aromatic rings. The number of nitrogens with two attached hydrogens (primary N) is 1. The lowest BCUT2D eigenvalue weighted by atomic mass is 10.0. The molecular weight excluding hydrogens is 534 g/mol. The van der Waals surface area contributed by atoms with Gasteiger partial charge in [0.25, 0.3) is 0 Å². The average molecular weight is 548 g/mol. The second kappa shape index (κ2) is 8.37. The fourth-order valence-corrected chi connectivity index (χ4v) is 4.65. The third-order valence-electron chi connectivity index (χ3n) is 5.39. The highest BCUT2D eigenvalue weighted by Gasteiger charge is 2.35. The predicted molar refractivity (Wildman–Crippen MR) is 120 cm³/mol. The molecule has 1 unspecified atom stereocenters. The number of anilines is 1. The molecule has 0 saturated carbocycles. The first kappa shape index (κ1) is 22.8. The van der Waals surface area contributed by atoms with Crippen molar-refractivity contribution in [3.63, 3.8) is 0 Å². The van der Waals surface area contributed by atoms with Crippen LogP contribution in [0.3, 0.4) is 0 Å². The van der Waals surface area contributed by atoms with Crippen LogP contribution in [-0.4, -0.2) is 39.6 Å². The quantitative estimate of drug-likeness (QED) is 0.331. The number of nitrogen functional groups attached to an aromatic ring is 1. The van der Waals surface area contributed by atoms with Crippen LogP contribution < -0.4 is 5.73 Å². The second-order valence-corrected chi connectivity index (χ2v) is 8.33. The van der Waals surface area contributed by atoms with Gasteiger partial charge in [0.1, 0.15) is 23.3 Å². The Morgan fingerprint density at radius 3 is 2.49 bits per heavy atom. The van der Waals surface area contributed by atoms with Gasteiger partial charge in [-0.3, -0.25) is 0 Å². The standard InChI is InChI=1S/C21H14BrF4N9/c1-10(13-8-34(33-32-13)14-5-3-2-4-12(14)23)17-16(22)15(18-19(27)30-9-31-35(17)18)11-6-28-20(29-7-11)21(24,25)26/h2-10H,1H3,(H2,27,30,31). The first-order valence-corrected chi connectivity index (χ1v) is 10.8. The third kappa shape index (κ3) is 3.88. The lowest BCUT2D eigenvalue weighted by Crippen LogP contribution is -2.10. The van der Waals surface area contributed by atoms with Crippen molar-refractivity contribution in [2.45, 2.75) is 19.0 Å². The molecular formula is C21H14BrF4N9. The van der Waals surface area contributed by atoms with Crippen LogP contribution >= 0.6 is 15.9 Å². The maximum Gasteiger partial charge on any atom is 0.451 e. The average Bonchev–Trinajstić information content (AvgIpc) is 3.42. The normalized spacial score (nSPS) is 12.9. The fraction of sp³-hybridized carbons (Fsp3) is 0.143. The molecule has 0 aliphatic rings. The molecule has 1 atom stereocenters. The van der Waals surface area contributed by atoms with Gasteiger partial charge in [0, 0.05) is 29.4 Å². The number of hydrogen-bond donors (Lipinski definition) is 1. The minimum Gasteiger partial charge on any atom is -0.382 e. The summed E-state index contributed by atoms with van der Waals surface area (Å²) in [7, 11) is 0. The van der Waals surface area contributed by atoms with E-state index < -0.39 is 23.7 Å². The van der Waals surface area contributed by atoms with Crippen LogP contribution in [0.2, 0.25) is 0 Å². The van der Waals surface area contributed by atoms with Crippen LogP contribution in [0.25, 0.3) is 22.3 Å². The van der Waals surface area contributed by atoms with Crippen LogP contribution in [-0.2, 0) is 6.18 Å². The Hall–Kier alpha value is -3.94. The number of alkyl halides is 3. The molecule has 14 heteroatoms. The van der Waals surface area contributed by atoms with Gasteiger partial charge in [-0.2, -0.15) is 18.3 Å². The SMILES string of the molecule is CC(c1cn(-c2ccccc2F)nn1)c1c(Br)c(-c2cnc(C(F)(F)F)nc2)c2c(N)ncnn12. The monoisotopic (exact) mass is 547 g/mol. The second-order valence-electron chi connectivity index (χ2n) is 7.53. The van der Waals surface area contributed by atoms with Gasteiger partial charge in [-0.1, -0.05) is 24.3 Å².